The summed E-state index contributed by atoms with van der Waals surface area (Å²) >= 11 is 3.37. The van der Waals surface area contributed by atoms with Crippen molar-refractivity contribution in [2.24, 2.45) is 0 Å². The highest BCUT2D eigenvalue weighted by Crippen LogP contribution is 2.21. The van der Waals surface area contributed by atoms with Crippen LogP contribution in [0.5, 0.6) is 0 Å². The van der Waals surface area contributed by atoms with Crippen LogP contribution in [0.3, 0.4) is 0 Å². The van der Waals surface area contributed by atoms with Crippen LogP contribution < -0.4 is 5.32 Å². The van der Waals surface area contributed by atoms with E-state index in [1.807, 2.05) is 38.2 Å². The molecule has 1 aromatic carbocycles. The number of hydrogen-bond acceptors (Lipinski definition) is 2. The maximum Gasteiger partial charge on any atom is 0.0652 e. The highest BCUT2D eigenvalue weighted by molar-refractivity contribution is 9.10. The summed E-state index contributed by atoms with van der Waals surface area (Å²) in [7, 11) is 1.85. The second-order valence-corrected chi connectivity index (χ2v) is 4.16. The molecule has 0 saturated heterocycles. The predicted octanol–water partition coefficient (Wildman–Crippen LogP) is 1.88. The molecule has 0 aliphatic carbocycles. The zero-order chi connectivity index (χ0) is 9.90. The Morgan fingerprint density at radius 3 is 2.31 bits per heavy atom. The normalized spacial score (nSPS) is 15.4. The van der Waals surface area contributed by atoms with Gasteiger partial charge in [0.25, 0.3) is 0 Å². The fourth-order valence-electron chi connectivity index (χ4n) is 1.13. The average molecular weight is 244 g/mol. The van der Waals surface area contributed by atoms with Crippen molar-refractivity contribution in [3.8, 4) is 0 Å². The van der Waals surface area contributed by atoms with E-state index >= 15 is 0 Å². The summed E-state index contributed by atoms with van der Waals surface area (Å²) in [4.78, 5) is 0. The Morgan fingerprint density at radius 1 is 1.38 bits per heavy atom. The van der Waals surface area contributed by atoms with Gasteiger partial charge >= 0.3 is 0 Å². The standard InChI is InChI=1S/C10H14BrNO/c1-10(7-13,12-2)8-3-5-9(11)6-4-8/h3-6,12-13H,7H2,1-2H3. The van der Waals surface area contributed by atoms with E-state index in [1.54, 1.807) is 0 Å². The summed E-state index contributed by atoms with van der Waals surface area (Å²) < 4.78 is 1.05. The summed E-state index contributed by atoms with van der Waals surface area (Å²) in [6, 6.07) is 7.94. The minimum Gasteiger partial charge on any atom is -0.394 e. The van der Waals surface area contributed by atoms with Gasteiger partial charge in [0.05, 0.1) is 12.1 Å². The van der Waals surface area contributed by atoms with E-state index in [2.05, 4.69) is 21.2 Å². The van der Waals surface area contributed by atoms with E-state index in [0.29, 0.717) is 0 Å². The third-order valence-electron chi connectivity index (χ3n) is 2.35. The molecule has 0 spiro atoms. The van der Waals surface area contributed by atoms with Crippen LogP contribution in [0.2, 0.25) is 0 Å². The summed E-state index contributed by atoms with van der Waals surface area (Å²) in [6.07, 6.45) is 0. The summed E-state index contributed by atoms with van der Waals surface area (Å²) in [5, 5.41) is 12.3. The van der Waals surface area contributed by atoms with Gasteiger partial charge in [0.2, 0.25) is 0 Å². The lowest BCUT2D eigenvalue weighted by molar-refractivity contribution is 0.183. The van der Waals surface area contributed by atoms with E-state index in [9.17, 15) is 5.11 Å². The average Bonchev–Trinajstić information content (AvgIpc) is 2.18. The zero-order valence-corrected chi connectivity index (χ0v) is 9.43. The molecule has 0 aliphatic rings. The van der Waals surface area contributed by atoms with Gasteiger partial charge in [0, 0.05) is 4.47 Å². The summed E-state index contributed by atoms with van der Waals surface area (Å²) in [6.45, 7) is 2.06. The van der Waals surface area contributed by atoms with Gasteiger partial charge in [-0.2, -0.15) is 0 Å². The summed E-state index contributed by atoms with van der Waals surface area (Å²) in [5.74, 6) is 0. The van der Waals surface area contributed by atoms with Crippen molar-refractivity contribution in [3.05, 3.63) is 34.3 Å². The van der Waals surface area contributed by atoms with Gasteiger partial charge in [-0.15, -0.1) is 0 Å². The molecular formula is C10H14BrNO. The summed E-state index contributed by atoms with van der Waals surface area (Å²) in [5.41, 5.74) is 0.737. The minimum absolute atomic E-state index is 0.0884. The molecule has 0 fully saturated rings. The lowest BCUT2D eigenvalue weighted by Gasteiger charge is -2.27. The Bertz CT molecular complexity index is 267. The van der Waals surface area contributed by atoms with Gasteiger partial charge < -0.3 is 10.4 Å². The molecule has 0 aromatic heterocycles. The molecule has 3 heteroatoms. The monoisotopic (exact) mass is 243 g/mol. The molecule has 0 saturated carbocycles. The van der Waals surface area contributed by atoms with Crippen LogP contribution in [0.15, 0.2) is 28.7 Å². The highest BCUT2D eigenvalue weighted by Gasteiger charge is 2.22. The van der Waals surface area contributed by atoms with E-state index in [0.717, 1.165) is 10.0 Å². The number of benzene rings is 1. The first kappa shape index (κ1) is 10.7. The topological polar surface area (TPSA) is 32.3 Å². The number of aliphatic hydroxyl groups is 1. The highest BCUT2D eigenvalue weighted by atomic mass is 79.9. The van der Waals surface area contributed by atoms with Gasteiger partial charge in [-0.1, -0.05) is 28.1 Å². The molecule has 1 aromatic rings. The van der Waals surface area contributed by atoms with Gasteiger partial charge in [0.1, 0.15) is 0 Å². The molecule has 0 amide bonds. The van der Waals surface area contributed by atoms with Crippen LogP contribution in [-0.2, 0) is 5.54 Å². The molecular weight excluding hydrogens is 230 g/mol. The van der Waals surface area contributed by atoms with Gasteiger partial charge in [-0.3, -0.25) is 0 Å². The van der Waals surface area contributed by atoms with Gasteiger partial charge in [-0.25, -0.2) is 0 Å². The van der Waals surface area contributed by atoms with E-state index in [4.69, 9.17) is 0 Å². The first-order valence-electron chi connectivity index (χ1n) is 4.18. The van der Waals surface area contributed by atoms with Crippen LogP contribution in [0.4, 0.5) is 0 Å². The third kappa shape index (κ3) is 2.30. The molecule has 1 unspecified atom stereocenters. The molecule has 2 nitrogen and oxygen atoms in total. The Balaban J connectivity index is 2.99. The molecule has 2 N–H and O–H groups in total. The van der Waals surface area contributed by atoms with Crippen LogP contribution in [-0.4, -0.2) is 18.8 Å². The van der Waals surface area contributed by atoms with Crippen molar-refractivity contribution in [1.29, 1.82) is 0 Å². The quantitative estimate of drug-likeness (QED) is 0.850. The van der Waals surface area contributed by atoms with Crippen LogP contribution in [0.1, 0.15) is 12.5 Å². The number of likely N-dealkylation sites (N-methyl/N-ethyl adjacent to an activating group) is 1. The van der Waals surface area contributed by atoms with Crippen molar-refractivity contribution in [2.75, 3.05) is 13.7 Å². The van der Waals surface area contributed by atoms with E-state index in [1.165, 1.54) is 0 Å². The number of nitrogens with one attached hydrogen (secondary N) is 1. The number of hydrogen-bond donors (Lipinski definition) is 2. The Labute approximate surface area is 87.1 Å². The number of halogens is 1. The number of aliphatic hydroxyl groups excluding tert-OH is 1. The predicted molar refractivity (Wildman–Crippen MR) is 57.6 cm³/mol. The molecule has 1 atom stereocenters. The molecule has 0 aliphatic heterocycles. The SMILES string of the molecule is CNC(C)(CO)c1ccc(Br)cc1. The van der Waals surface area contributed by atoms with E-state index in [-0.39, 0.29) is 12.1 Å². The van der Waals surface area contributed by atoms with Crippen molar-refractivity contribution >= 4 is 15.9 Å². The van der Waals surface area contributed by atoms with Gasteiger partial charge in [-0.05, 0) is 31.7 Å². The van der Waals surface area contributed by atoms with Gasteiger partial charge in [0.15, 0.2) is 0 Å². The Morgan fingerprint density at radius 2 is 1.92 bits per heavy atom. The molecule has 1 rings (SSSR count). The van der Waals surface area contributed by atoms with Crippen LogP contribution in [0, 0.1) is 0 Å². The first-order chi connectivity index (χ1) is 6.12. The van der Waals surface area contributed by atoms with Crippen LogP contribution >= 0.6 is 15.9 Å². The number of rotatable bonds is 3. The Hall–Kier alpha value is -0.380. The van der Waals surface area contributed by atoms with Crippen molar-refractivity contribution < 1.29 is 5.11 Å². The first-order valence-corrected chi connectivity index (χ1v) is 4.97. The Kier molecular flexibility index (Phi) is 3.47. The minimum atomic E-state index is -0.347. The molecule has 0 radical (unpaired) electrons. The van der Waals surface area contributed by atoms with Crippen molar-refractivity contribution in [3.63, 3.8) is 0 Å². The largest absolute Gasteiger partial charge is 0.394 e. The second-order valence-electron chi connectivity index (χ2n) is 3.25. The zero-order valence-electron chi connectivity index (χ0n) is 7.84. The lowest BCUT2D eigenvalue weighted by atomic mass is 9.93. The maximum atomic E-state index is 9.23. The maximum absolute atomic E-state index is 9.23. The van der Waals surface area contributed by atoms with Crippen LogP contribution in [0.25, 0.3) is 0 Å². The molecule has 72 valence electrons. The fourth-order valence-corrected chi connectivity index (χ4v) is 1.40. The smallest absolute Gasteiger partial charge is 0.0652 e. The molecule has 0 bridgehead atoms. The lowest BCUT2D eigenvalue weighted by Crippen LogP contribution is -2.40. The fraction of sp³-hybridized carbons (Fsp3) is 0.400. The molecule has 0 heterocycles. The van der Waals surface area contributed by atoms with Crippen molar-refractivity contribution in [1.82, 2.24) is 5.32 Å². The second kappa shape index (κ2) is 4.22. The molecule has 13 heavy (non-hydrogen) atoms. The third-order valence-corrected chi connectivity index (χ3v) is 2.88. The van der Waals surface area contributed by atoms with E-state index < -0.39 is 0 Å². The van der Waals surface area contributed by atoms with Crippen molar-refractivity contribution in [2.45, 2.75) is 12.5 Å².